The third-order valence-corrected chi connectivity index (χ3v) is 3.42. The van der Waals surface area contributed by atoms with E-state index in [0.717, 1.165) is 22.9 Å². The van der Waals surface area contributed by atoms with E-state index in [1.54, 1.807) is 0 Å². The normalized spacial score (nSPS) is 19.5. The van der Waals surface area contributed by atoms with E-state index in [0.29, 0.717) is 0 Å². The highest BCUT2D eigenvalue weighted by Crippen LogP contribution is 2.37. The van der Waals surface area contributed by atoms with Crippen LogP contribution in [0.5, 0.6) is 0 Å². The standard InChI is InChI=1S/C12H17ClN2/c1-12(2)6-3-7-15(12)11-8-9(13)4-5-10(11)14/h4-5,8H,3,6-7,14H2,1-2H3. The van der Waals surface area contributed by atoms with Crippen LogP contribution < -0.4 is 10.6 Å². The number of hydrogen-bond acceptors (Lipinski definition) is 2. The van der Waals surface area contributed by atoms with Crippen molar-refractivity contribution in [3.63, 3.8) is 0 Å². The van der Waals surface area contributed by atoms with Crippen molar-refractivity contribution in [1.82, 2.24) is 0 Å². The lowest BCUT2D eigenvalue weighted by Crippen LogP contribution is -2.38. The van der Waals surface area contributed by atoms with E-state index in [1.807, 2.05) is 18.2 Å². The number of benzene rings is 1. The number of hydrogen-bond donors (Lipinski definition) is 1. The van der Waals surface area contributed by atoms with Crippen molar-refractivity contribution >= 4 is 23.0 Å². The SMILES string of the molecule is CC1(C)CCCN1c1cc(Cl)ccc1N. The van der Waals surface area contributed by atoms with Crippen LogP contribution in [0.25, 0.3) is 0 Å². The Morgan fingerprint density at radius 2 is 2.13 bits per heavy atom. The predicted octanol–water partition coefficient (Wildman–Crippen LogP) is 3.30. The first-order chi connectivity index (χ1) is 7.00. The van der Waals surface area contributed by atoms with Crippen LogP contribution in [0.1, 0.15) is 26.7 Å². The molecule has 2 N–H and O–H groups in total. The Hall–Kier alpha value is -0.890. The molecule has 0 amide bonds. The maximum absolute atomic E-state index is 6.01. The summed E-state index contributed by atoms with van der Waals surface area (Å²) in [5, 5.41) is 0.752. The summed E-state index contributed by atoms with van der Waals surface area (Å²) in [6, 6.07) is 5.68. The third kappa shape index (κ3) is 1.91. The summed E-state index contributed by atoms with van der Waals surface area (Å²) in [6.45, 7) is 5.57. The van der Waals surface area contributed by atoms with Gasteiger partial charge in [-0.3, -0.25) is 0 Å². The van der Waals surface area contributed by atoms with Gasteiger partial charge in [0.25, 0.3) is 0 Å². The Bertz CT molecular complexity index is 374. The molecule has 1 saturated heterocycles. The number of rotatable bonds is 1. The van der Waals surface area contributed by atoms with Crippen molar-refractivity contribution < 1.29 is 0 Å². The minimum atomic E-state index is 0.193. The lowest BCUT2D eigenvalue weighted by molar-refractivity contribution is 0.518. The van der Waals surface area contributed by atoms with E-state index in [-0.39, 0.29) is 5.54 Å². The molecule has 0 atom stereocenters. The Kier molecular flexibility index (Phi) is 2.55. The van der Waals surface area contributed by atoms with E-state index in [4.69, 9.17) is 17.3 Å². The van der Waals surface area contributed by atoms with Gasteiger partial charge in [-0.05, 0) is 44.9 Å². The largest absolute Gasteiger partial charge is 0.397 e. The summed E-state index contributed by atoms with van der Waals surface area (Å²) in [6.07, 6.45) is 2.43. The van der Waals surface area contributed by atoms with E-state index < -0.39 is 0 Å². The van der Waals surface area contributed by atoms with Gasteiger partial charge in [-0.2, -0.15) is 0 Å². The van der Waals surface area contributed by atoms with E-state index in [1.165, 1.54) is 12.8 Å². The quantitative estimate of drug-likeness (QED) is 0.742. The average molecular weight is 225 g/mol. The summed E-state index contributed by atoms with van der Waals surface area (Å²) >= 11 is 6.01. The fraction of sp³-hybridized carbons (Fsp3) is 0.500. The third-order valence-electron chi connectivity index (χ3n) is 3.18. The second-order valence-electron chi connectivity index (χ2n) is 4.77. The smallest absolute Gasteiger partial charge is 0.0619 e. The van der Waals surface area contributed by atoms with Crippen LogP contribution in [-0.4, -0.2) is 12.1 Å². The zero-order valence-electron chi connectivity index (χ0n) is 9.26. The van der Waals surface area contributed by atoms with Crippen LogP contribution in [0, 0.1) is 0 Å². The molecule has 82 valence electrons. The molecule has 2 rings (SSSR count). The van der Waals surface area contributed by atoms with E-state index >= 15 is 0 Å². The van der Waals surface area contributed by atoms with Crippen molar-refractivity contribution in [1.29, 1.82) is 0 Å². The highest BCUT2D eigenvalue weighted by atomic mass is 35.5. The summed E-state index contributed by atoms with van der Waals surface area (Å²) in [5.41, 5.74) is 8.07. The number of nitrogen functional groups attached to an aromatic ring is 1. The summed E-state index contributed by atoms with van der Waals surface area (Å²) in [5.74, 6) is 0. The van der Waals surface area contributed by atoms with Crippen molar-refractivity contribution in [2.24, 2.45) is 0 Å². The maximum Gasteiger partial charge on any atom is 0.0619 e. The molecule has 15 heavy (non-hydrogen) atoms. The first-order valence-corrected chi connectivity index (χ1v) is 5.71. The van der Waals surface area contributed by atoms with Crippen LogP contribution in [0.3, 0.4) is 0 Å². The lowest BCUT2D eigenvalue weighted by Gasteiger charge is -2.34. The minimum absolute atomic E-state index is 0.193. The van der Waals surface area contributed by atoms with Gasteiger partial charge in [-0.15, -0.1) is 0 Å². The van der Waals surface area contributed by atoms with Gasteiger partial charge < -0.3 is 10.6 Å². The number of halogens is 1. The number of nitrogens with zero attached hydrogens (tertiary/aromatic N) is 1. The molecule has 1 aliphatic heterocycles. The molecule has 1 aromatic rings. The summed E-state index contributed by atoms with van der Waals surface area (Å²) < 4.78 is 0. The molecule has 0 aliphatic carbocycles. The zero-order valence-corrected chi connectivity index (χ0v) is 10.0. The molecular weight excluding hydrogens is 208 g/mol. The molecule has 1 heterocycles. The fourth-order valence-electron chi connectivity index (χ4n) is 2.30. The second kappa shape index (κ2) is 3.60. The molecule has 0 unspecified atom stereocenters. The predicted molar refractivity (Wildman–Crippen MR) is 66.5 cm³/mol. The van der Waals surface area contributed by atoms with Crippen molar-refractivity contribution in [3.8, 4) is 0 Å². The van der Waals surface area contributed by atoms with Gasteiger partial charge in [0.05, 0.1) is 11.4 Å². The van der Waals surface area contributed by atoms with Gasteiger partial charge in [0, 0.05) is 17.1 Å². The monoisotopic (exact) mass is 224 g/mol. The van der Waals surface area contributed by atoms with Gasteiger partial charge in [-0.25, -0.2) is 0 Å². The van der Waals surface area contributed by atoms with Crippen LogP contribution >= 0.6 is 11.6 Å². The van der Waals surface area contributed by atoms with E-state index in [2.05, 4.69) is 18.7 Å². The van der Waals surface area contributed by atoms with Crippen LogP contribution in [0.2, 0.25) is 5.02 Å². The summed E-state index contributed by atoms with van der Waals surface area (Å²) in [7, 11) is 0. The first-order valence-electron chi connectivity index (χ1n) is 5.33. The van der Waals surface area contributed by atoms with Crippen LogP contribution in [-0.2, 0) is 0 Å². The molecule has 0 aromatic heterocycles. The second-order valence-corrected chi connectivity index (χ2v) is 5.21. The Morgan fingerprint density at radius 3 is 2.73 bits per heavy atom. The van der Waals surface area contributed by atoms with Crippen LogP contribution in [0.15, 0.2) is 18.2 Å². The molecule has 1 fully saturated rings. The highest BCUT2D eigenvalue weighted by Gasteiger charge is 2.32. The lowest BCUT2D eigenvalue weighted by atomic mass is 10.0. The van der Waals surface area contributed by atoms with Gasteiger partial charge in [0.15, 0.2) is 0 Å². The maximum atomic E-state index is 6.01. The van der Waals surface area contributed by atoms with Gasteiger partial charge in [0.1, 0.15) is 0 Å². The van der Waals surface area contributed by atoms with Gasteiger partial charge >= 0.3 is 0 Å². The topological polar surface area (TPSA) is 29.3 Å². The Morgan fingerprint density at radius 1 is 1.40 bits per heavy atom. The number of anilines is 2. The molecule has 0 bridgehead atoms. The molecule has 0 spiro atoms. The van der Waals surface area contributed by atoms with Crippen molar-refractivity contribution in [2.75, 3.05) is 17.2 Å². The van der Waals surface area contributed by atoms with Gasteiger partial charge in [0.2, 0.25) is 0 Å². The fourth-order valence-corrected chi connectivity index (χ4v) is 2.47. The number of nitrogens with two attached hydrogens (primary N) is 1. The molecule has 3 heteroatoms. The molecule has 1 aliphatic rings. The van der Waals surface area contributed by atoms with Crippen LogP contribution in [0.4, 0.5) is 11.4 Å². The minimum Gasteiger partial charge on any atom is -0.397 e. The molecule has 2 nitrogen and oxygen atoms in total. The van der Waals surface area contributed by atoms with E-state index in [9.17, 15) is 0 Å². The molecule has 0 radical (unpaired) electrons. The molecular formula is C12H17ClN2. The molecule has 1 aromatic carbocycles. The zero-order chi connectivity index (χ0) is 11.1. The first kappa shape index (κ1) is 10.6. The summed E-state index contributed by atoms with van der Waals surface area (Å²) in [4.78, 5) is 2.36. The highest BCUT2D eigenvalue weighted by molar-refractivity contribution is 6.31. The average Bonchev–Trinajstić information content (AvgIpc) is 2.50. The van der Waals surface area contributed by atoms with Crippen molar-refractivity contribution in [2.45, 2.75) is 32.2 Å². The van der Waals surface area contributed by atoms with Gasteiger partial charge in [-0.1, -0.05) is 11.6 Å². The van der Waals surface area contributed by atoms with Crippen molar-refractivity contribution in [3.05, 3.63) is 23.2 Å². The Balaban J connectivity index is 2.40. The molecule has 0 saturated carbocycles. The Labute approximate surface area is 96.0 Å².